The number of fused-ring (bicyclic) bond motifs is 1. The number of carbonyl (C=O) groups excluding carboxylic acids is 2. The number of benzene rings is 2. The first-order valence-corrected chi connectivity index (χ1v) is 12.1. The van der Waals surface area contributed by atoms with Crippen LogP contribution in [0.2, 0.25) is 5.02 Å². The fraction of sp³-hybridized carbons (Fsp3) is 0.120. The van der Waals surface area contributed by atoms with E-state index >= 15 is 0 Å². The van der Waals surface area contributed by atoms with Gasteiger partial charge in [-0.15, -0.1) is 0 Å². The SMILES string of the molecule is COc1cc(/C(O)=C2\C(=O)C(=O)N(c3nc4ccc([N+](=O)[O-])cc4s3)C2c2cccnc2)c(OC)cc1Cl. The number of nitro groups is 1. The third-order valence-electron chi connectivity index (χ3n) is 5.95. The lowest BCUT2D eigenvalue weighted by atomic mass is 9.96. The van der Waals surface area contributed by atoms with E-state index in [9.17, 15) is 24.8 Å². The van der Waals surface area contributed by atoms with E-state index in [1.54, 1.807) is 12.1 Å². The van der Waals surface area contributed by atoms with Gasteiger partial charge >= 0.3 is 5.91 Å². The monoisotopic (exact) mass is 552 g/mol. The fourth-order valence-electron chi connectivity index (χ4n) is 4.19. The predicted molar refractivity (Wildman–Crippen MR) is 140 cm³/mol. The van der Waals surface area contributed by atoms with Crippen LogP contribution in [0.25, 0.3) is 16.0 Å². The van der Waals surface area contributed by atoms with Crippen LogP contribution in [0.5, 0.6) is 11.5 Å². The van der Waals surface area contributed by atoms with Crippen LogP contribution < -0.4 is 14.4 Å². The van der Waals surface area contributed by atoms with Gasteiger partial charge in [-0.2, -0.15) is 0 Å². The summed E-state index contributed by atoms with van der Waals surface area (Å²) < 4.78 is 11.1. The van der Waals surface area contributed by atoms with Crippen LogP contribution in [0.4, 0.5) is 10.8 Å². The molecule has 4 aromatic rings. The minimum absolute atomic E-state index is 0.0839. The second-order valence-corrected chi connectivity index (χ2v) is 9.46. The zero-order valence-corrected chi connectivity index (χ0v) is 21.3. The van der Waals surface area contributed by atoms with Gasteiger partial charge in [0.05, 0.1) is 51.6 Å². The number of amides is 1. The molecule has 1 fully saturated rings. The first-order valence-electron chi connectivity index (χ1n) is 10.9. The number of carbonyl (C=O) groups is 2. The molecule has 2 aromatic carbocycles. The number of hydrogen-bond donors (Lipinski definition) is 1. The minimum atomic E-state index is -1.11. The molecule has 1 aliphatic heterocycles. The highest BCUT2D eigenvalue weighted by Crippen LogP contribution is 2.46. The van der Waals surface area contributed by atoms with Gasteiger partial charge in [-0.05, 0) is 23.8 Å². The van der Waals surface area contributed by atoms with Crippen molar-refractivity contribution in [1.29, 1.82) is 0 Å². The number of nitro benzene ring substituents is 1. The molecule has 192 valence electrons. The summed E-state index contributed by atoms with van der Waals surface area (Å²) in [6, 6.07) is 9.12. The highest BCUT2D eigenvalue weighted by atomic mass is 35.5. The maximum atomic E-state index is 13.4. The third kappa shape index (κ3) is 4.09. The maximum absolute atomic E-state index is 13.4. The van der Waals surface area contributed by atoms with E-state index in [0.29, 0.717) is 15.8 Å². The molecule has 1 saturated heterocycles. The van der Waals surface area contributed by atoms with Crippen molar-refractivity contribution in [3.05, 3.63) is 86.7 Å². The van der Waals surface area contributed by atoms with E-state index in [1.807, 2.05) is 0 Å². The average molecular weight is 553 g/mol. The molecule has 1 N–H and O–H groups in total. The van der Waals surface area contributed by atoms with Gasteiger partial charge in [0, 0.05) is 30.6 Å². The quantitative estimate of drug-likeness (QED) is 0.116. The number of ether oxygens (including phenoxy) is 2. The molecule has 0 aliphatic carbocycles. The summed E-state index contributed by atoms with van der Waals surface area (Å²) in [6.07, 6.45) is 2.99. The van der Waals surface area contributed by atoms with Crippen molar-refractivity contribution in [2.45, 2.75) is 6.04 Å². The number of ketones is 1. The second-order valence-electron chi connectivity index (χ2n) is 8.05. The van der Waals surface area contributed by atoms with Gasteiger partial charge in [-0.1, -0.05) is 29.0 Å². The summed E-state index contributed by atoms with van der Waals surface area (Å²) in [5.41, 5.74) is 0.559. The van der Waals surface area contributed by atoms with E-state index in [0.717, 1.165) is 16.2 Å². The molecule has 2 aromatic heterocycles. The lowest BCUT2D eigenvalue weighted by Crippen LogP contribution is -2.29. The molecule has 5 rings (SSSR count). The molecule has 0 bridgehead atoms. The summed E-state index contributed by atoms with van der Waals surface area (Å²) in [4.78, 5) is 47.3. The molecular weight excluding hydrogens is 536 g/mol. The number of aliphatic hydroxyl groups excluding tert-OH is 1. The number of Topliss-reactive ketones (excluding diaryl/α,β-unsaturated/α-hetero) is 1. The molecule has 13 heteroatoms. The Kier molecular flexibility index (Phi) is 6.43. The van der Waals surface area contributed by atoms with Crippen molar-refractivity contribution in [1.82, 2.24) is 9.97 Å². The number of methoxy groups -OCH3 is 2. The first-order chi connectivity index (χ1) is 18.2. The highest BCUT2D eigenvalue weighted by Gasteiger charge is 2.48. The van der Waals surface area contributed by atoms with Crippen LogP contribution in [0, 0.1) is 10.1 Å². The standard InChI is InChI=1S/C25H17ClN4O7S/c1-36-17-10-15(26)18(37-2)9-14(17)22(31)20-21(12-4-3-7-27-11-12)29(24(33)23(20)32)25-28-16-6-5-13(30(34)35)8-19(16)38-25/h3-11,21,31H,1-2H3/b22-20+. The molecule has 3 heterocycles. The Morgan fingerprint density at radius 3 is 2.58 bits per heavy atom. The van der Waals surface area contributed by atoms with Gasteiger partial charge in [0.2, 0.25) is 0 Å². The Hall–Kier alpha value is -4.55. The lowest BCUT2D eigenvalue weighted by molar-refractivity contribution is -0.384. The molecule has 38 heavy (non-hydrogen) atoms. The van der Waals surface area contributed by atoms with Crippen LogP contribution in [-0.2, 0) is 9.59 Å². The topological polar surface area (TPSA) is 145 Å². The van der Waals surface area contributed by atoms with E-state index in [4.69, 9.17) is 21.1 Å². The Morgan fingerprint density at radius 1 is 1.16 bits per heavy atom. The molecule has 1 unspecified atom stereocenters. The Morgan fingerprint density at radius 2 is 1.92 bits per heavy atom. The zero-order valence-electron chi connectivity index (χ0n) is 19.7. The summed E-state index contributed by atoms with van der Waals surface area (Å²) in [5, 5.41) is 23.0. The van der Waals surface area contributed by atoms with Crippen molar-refractivity contribution < 1.29 is 29.1 Å². The Labute approximate surface area is 223 Å². The van der Waals surface area contributed by atoms with Crippen LogP contribution >= 0.6 is 22.9 Å². The molecule has 0 spiro atoms. The molecule has 0 radical (unpaired) electrons. The number of anilines is 1. The second kappa shape index (κ2) is 9.72. The van der Waals surface area contributed by atoms with Gasteiger partial charge < -0.3 is 14.6 Å². The lowest BCUT2D eigenvalue weighted by Gasteiger charge is -2.23. The molecular formula is C25H17ClN4O7S. The smallest absolute Gasteiger partial charge is 0.301 e. The van der Waals surface area contributed by atoms with E-state index in [2.05, 4.69) is 9.97 Å². The van der Waals surface area contributed by atoms with Crippen LogP contribution in [0.15, 0.2) is 60.4 Å². The minimum Gasteiger partial charge on any atom is -0.507 e. The Bertz CT molecular complexity index is 1650. The number of non-ortho nitro benzene ring substituents is 1. The maximum Gasteiger partial charge on any atom is 0.301 e. The van der Waals surface area contributed by atoms with Gasteiger partial charge in [-0.3, -0.25) is 29.6 Å². The van der Waals surface area contributed by atoms with Crippen molar-refractivity contribution in [2.24, 2.45) is 0 Å². The number of nitrogens with zero attached hydrogens (tertiary/aromatic N) is 4. The largest absolute Gasteiger partial charge is 0.507 e. The highest BCUT2D eigenvalue weighted by molar-refractivity contribution is 7.22. The number of hydrogen-bond acceptors (Lipinski definition) is 10. The van der Waals surface area contributed by atoms with Gasteiger partial charge in [0.15, 0.2) is 5.13 Å². The molecule has 1 amide bonds. The number of aromatic nitrogens is 2. The molecule has 11 nitrogen and oxygen atoms in total. The van der Waals surface area contributed by atoms with Crippen LogP contribution in [0.3, 0.4) is 0 Å². The van der Waals surface area contributed by atoms with Crippen molar-refractivity contribution in [3.63, 3.8) is 0 Å². The fourth-order valence-corrected chi connectivity index (χ4v) is 5.45. The predicted octanol–water partition coefficient (Wildman–Crippen LogP) is 4.90. The summed E-state index contributed by atoms with van der Waals surface area (Å²) in [6.45, 7) is 0. The van der Waals surface area contributed by atoms with Crippen molar-refractivity contribution in [3.8, 4) is 11.5 Å². The number of pyridine rings is 1. The van der Waals surface area contributed by atoms with Crippen molar-refractivity contribution >= 4 is 61.4 Å². The van der Waals surface area contributed by atoms with Crippen LogP contribution in [-0.4, -0.2) is 45.9 Å². The third-order valence-corrected chi connectivity index (χ3v) is 7.26. The van der Waals surface area contributed by atoms with Crippen molar-refractivity contribution in [2.75, 3.05) is 19.1 Å². The van der Waals surface area contributed by atoms with E-state index in [-0.39, 0.29) is 38.5 Å². The zero-order chi connectivity index (χ0) is 27.1. The van der Waals surface area contributed by atoms with Crippen LogP contribution in [0.1, 0.15) is 17.2 Å². The van der Waals surface area contributed by atoms with Gasteiger partial charge in [-0.25, -0.2) is 4.98 Å². The van der Waals surface area contributed by atoms with Gasteiger partial charge in [0.1, 0.15) is 17.3 Å². The molecule has 1 aliphatic rings. The number of thiazole rings is 1. The molecule has 1 atom stereocenters. The van der Waals surface area contributed by atoms with E-state index in [1.165, 1.54) is 56.9 Å². The van der Waals surface area contributed by atoms with E-state index < -0.39 is 28.4 Å². The normalized spacial score (nSPS) is 16.7. The Balaban J connectivity index is 1.74. The average Bonchev–Trinajstić information content (AvgIpc) is 3.46. The summed E-state index contributed by atoms with van der Waals surface area (Å²) in [7, 11) is 2.76. The van der Waals surface area contributed by atoms with Gasteiger partial charge in [0.25, 0.3) is 11.5 Å². The number of aliphatic hydroxyl groups is 1. The summed E-state index contributed by atoms with van der Waals surface area (Å²) >= 11 is 7.21. The molecule has 0 saturated carbocycles. The first kappa shape index (κ1) is 25.1. The number of halogens is 1. The number of rotatable bonds is 6. The summed E-state index contributed by atoms with van der Waals surface area (Å²) in [5.74, 6) is -2.04.